The first-order valence-electron chi connectivity index (χ1n) is 10.3. The molecule has 0 aliphatic heterocycles. The Balaban J connectivity index is 1.84. The summed E-state index contributed by atoms with van der Waals surface area (Å²) in [6, 6.07) is 7.19. The zero-order valence-electron chi connectivity index (χ0n) is 18.1. The summed E-state index contributed by atoms with van der Waals surface area (Å²) >= 11 is 0. The predicted molar refractivity (Wildman–Crippen MR) is 115 cm³/mol. The standard InChI is InChI=1S/C24H14F6N4O2/c25-13-9-17(26)21(18(27)10-13)20(4-1-7-31)34-12-33-22(35)15-11-14(5-6-19(15)34)36-23-16(24(28,29)30)3-2-8-32-23/h2-3,5-6,8-12,20H,1,4H2/t20-/m1/s1. The molecule has 2 heterocycles. The number of rotatable bonds is 6. The van der Waals surface area contributed by atoms with E-state index in [0.717, 1.165) is 30.7 Å². The summed E-state index contributed by atoms with van der Waals surface area (Å²) in [7, 11) is 0. The van der Waals surface area contributed by atoms with Crippen LogP contribution in [0.1, 0.15) is 30.0 Å². The number of nitrogens with zero attached hydrogens (tertiary/aromatic N) is 4. The molecule has 0 fully saturated rings. The molecule has 0 unspecified atom stereocenters. The van der Waals surface area contributed by atoms with Crippen LogP contribution in [-0.4, -0.2) is 14.5 Å². The minimum Gasteiger partial charge on any atom is -0.438 e. The summed E-state index contributed by atoms with van der Waals surface area (Å²) in [4.78, 5) is 19.8. The van der Waals surface area contributed by atoms with Gasteiger partial charge in [0.1, 0.15) is 28.8 Å². The van der Waals surface area contributed by atoms with Crippen molar-refractivity contribution in [3.63, 3.8) is 0 Å². The Labute approximate surface area is 199 Å². The fourth-order valence-corrected chi connectivity index (χ4v) is 3.76. The lowest BCUT2D eigenvalue weighted by atomic mass is 9.99. The number of nitriles is 1. The lowest BCUT2D eigenvalue weighted by molar-refractivity contribution is -0.138. The van der Waals surface area contributed by atoms with Crippen molar-refractivity contribution in [1.29, 1.82) is 5.26 Å². The van der Waals surface area contributed by atoms with Crippen molar-refractivity contribution in [1.82, 2.24) is 14.5 Å². The lowest BCUT2D eigenvalue weighted by Gasteiger charge is -2.23. The largest absolute Gasteiger partial charge is 0.438 e. The average molecular weight is 504 g/mol. The van der Waals surface area contributed by atoms with Crippen LogP contribution in [0.25, 0.3) is 10.9 Å². The van der Waals surface area contributed by atoms with Gasteiger partial charge in [-0.05, 0) is 36.8 Å². The van der Waals surface area contributed by atoms with Gasteiger partial charge < -0.3 is 9.30 Å². The fraction of sp³-hybridized carbons (Fsp3) is 0.167. The van der Waals surface area contributed by atoms with Crippen LogP contribution >= 0.6 is 0 Å². The van der Waals surface area contributed by atoms with Crippen molar-refractivity contribution in [3.05, 3.63) is 93.9 Å². The quantitative estimate of drug-likeness (QED) is 0.305. The first kappa shape index (κ1) is 24.7. The highest BCUT2D eigenvalue weighted by molar-refractivity contribution is 5.80. The highest BCUT2D eigenvalue weighted by Crippen LogP contribution is 2.37. The van der Waals surface area contributed by atoms with Gasteiger partial charge in [0.2, 0.25) is 5.88 Å². The van der Waals surface area contributed by atoms with E-state index in [2.05, 4.69) is 9.97 Å². The third-order valence-corrected chi connectivity index (χ3v) is 5.31. The number of alkyl halides is 3. The van der Waals surface area contributed by atoms with Crippen molar-refractivity contribution >= 4 is 10.9 Å². The van der Waals surface area contributed by atoms with Crippen molar-refractivity contribution in [2.24, 2.45) is 0 Å². The van der Waals surface area contributed by atoms with E-state index in [0.29, 0.717) is 12.1 Å². The molecule has 0 radical (unpaired) electrons. The molecule has 4 aromatic rings. The Bertz CT molecular complexity index is 1520. The van der Waals surface area contributed by atoms with E-state index in [1.165, 1.54) is 16.7 Å². The molecule has 0 saturated carbocycles. The summed E-state index contributed by atoms with van der Waals surface area (Å²) in [5, 5.41) is 8.90. The Morgan fingerprint density at radius 1 is 1.06 bits per heavy atom. The van der Waals surface area contributed by atoms with Gasteiger partial charge in [0.15, 0.2) is 0 Å². The summed E-state index contributed by atoms with van der Waals surface area (Å²) in [6.45, 7) is 0. The maximum Gasteiger partial charge on any atom is 0.421 e. The molecule has 0 saturated heterocycles. The van der Waals surface area contributed by atoms with E-state index in [1.807, 2.05) is 6.07 Å². The minimum atomic E-state index is -4.74. The van der Waals surface area contributed by atoms with Crippen LogP contribution < -0.4 is 10.3 Å². The number of benzene rings is 2. The van der Waals surface area contributed by atoms with Crippen LogP contribution in [0.3, 0.4) is 0 Å². The number of hydrogen-bond acceptors (Lipinski definition) is 5. The van der Waals surface area contributed by atoms with Crippen molar-refractivity contribution < 1.29 is 31.1 Å². The first-order chi connectivity index (χ1) is 17.1. The molecule has 0 N–H and O–H groups in total. The molecule has 0 spiro atoms. The van der Waals surface area contributed by atoms with Gasteiger partial charge >= 0.3 is 6.18 Å². The van der Waals surface area contributed by atoms with E-state index in [1.54, 1.807) is 0 Å². The smallest absolute Gasteiger partial charge is 0.421 e. The van der Waals surface area contributed by atoms with Crippen molar-refractivity contribution in [2.75, 3.05) is 0 Å². The molecule has 4 rings (SSSR count). The number of aromatic nitrogens is 3. The second-order valence-corrected chi connectivity index (χ2v) is 7.59. The third-order valence-electron chi connectivity index (χ3n) is 5.31. The second-order valence-electron chi connectivity index (χ2n) is 7.59. The molecule has 0 aliphatic rings. The lowest BCUT2D eigenvalue weighted by Crippen LogP contribution is -2.20. The molecule has 184 valence electrons. The normalized spacial score (nSPS) is 12.4. The molecule has 6 nitrogen and oxygen atoms in total. The zero-order chi connectivity index (χ0) is 26.0. The molecular weight excluding hydrogens is 490 g/mol. The molecule has 2 aromatic carbocycles. The second kappa shape index (κ2) is 9.69. The Hall–Kier alpha value is -4.40. The topological polar surface area (TPSA) is 80.8 Å². The number of halogens is 6. The summed E-state index contributed by atoms with van der Waals surface area (Å²) in [6.07, 6.45) is -2.87. The average Bonchev–Trinajstić information content (AvgIpc) is 2.81. The molecule has 0 amide bonds. The van der Waals surface area contributed by atoms with Crippen molar-refractivity contribution in [3.8, 4) is 17.7 Å². The molecule has 12 heteroatoms. The maximum atomic E-state index is 14.6. The van der Waals surface area contributed by atoms with Crippen LogP contribution in [0, 0.1) is 28.8 Å². The van der Waals surface area contributed by atoms with Gasteiger partial charge in [-0.3, -0.25) is 4.79 Å². The zero-order valence-corrected chi connectivity index (χ0v) is 18.1. The minimum absolute atomic E-state index is 0.102. The highest BCUT2D eigenvalue weighted by Gasteiger charge is 2.35. The molecule has 0 aliphatic carbocycles. The summed E-state index contributed by atoms with van der Waals surface area (Å²) < 4.78 is 89.0. The molecule has 1 atom stereocenters. The predicted octanol–water partition coefficient (Wildman–Crippen LogP) is 5.91. The maximum absolute atomic E-state index is 14.6. The fourth-order valence-electron chi connectivity index (χ4n) is 3.76. The Morgan fingerprint density at radius 3 is 2.44 bits per heavy atom. The molecule has 0 bridgehead atoms. The van der Waals surface area contributed by atoms with Gasteiger partial charge in [0.25, 0.3) is 5.56 Å². The van der Waals surface area contributed by atoms with Crippen LogP contribution in [-0.2, 0) is 6.18 Å². The Kier molecular flexibility index (Phi) is 6.65. The van der Waals surface area contributed by atoms with E-state index >= 15 is 0 Å². The van der Waals surface area contributed by atoms with E-state index in [9.17, 15) is 31.1 Å². The first-order valence-corrected chi connectivity index (χ1v) is 10.3. The monoisotopic (exact) mass is 504 g/mol. The highest BCUT2D eigenvalue weighted by atomic mass is 19.4. The van der Waals surface area contributed by atoms with Crippen LogP contribution in [0.2, 0.25) is 0 Å². The van der Waals surface area contributed by atoms with E-state index in [-0.39, 0.29) is 29.5 Å². The van der Waals surface area contributed by atoms with Crippen LogP contribution in [0.15, 0.2) is 59.8 Å². The van der Waals surface area contributed by atoms with Gasteiger partial charge in [-0.15, -0.1) is 0 Å². The number of ether oxygens (including phenoxy) is 1. The van der Waals surface area contributed by atoms with E-state index in [4.69, 9.17) is 10.00 Å². The van der Waals surface area contributed by atoms with E-state index < -0.39 is 52.2 Å². The number of fused-ring (bicyclic) bond motifs is 1. The van der Waals surface area contributed by atoms with Gasteiger partial charge in [-0.1, -0.05) is 0 Å². The third kappa shape index (κ3) is 4.86. The molecular formula is C24H14F6N4O2. The van der Waals surface area contributed by atoms with Crippen LogP contribution in [0.5, 0.6) is 11.6 Å². The van der Waals surface area contributed by atoms with Crippen molar-refractivity contribution in [2.45, 2.75) is 25.1 Å². The molecule has 36 heavy (non-hydrogen) atoms. The number of hydrogen-bond donors (Lipinski definition) is 0. The summed E-state index contributed by atoms with van der Waals surface area (Å²) in [5.74, 6) is -4.44. The summed E-state index contributed by atoms with van der Waals surface area (Å²) in [5.41, 5.74) is -2.36. The van der Waals surface area contributed by atoms with Gasteiger partial charge in [0.05, 0.1) is 29.3 Å². The van der Waals surface area contributed by atoms with Gasteiger partial charge in [-0.25, -0.2) is 18.2 Å². The van der Waals surface area contributed by atoms with Gasteiger partial charge in [-0.2, -0.15) is 23.4 Å². The Morgan fingerprint density at radius 2 is 1.78 bits per heavy atom. The van der Waals surface area contributed by atoms with Gasteiger partial charge in [0, 0.05) is 30.3 Å². The van der Waals surface area contributed by atoms with Crippen LogP contribution in [0.4, 0.5) is 26.3 Å². The number of pyridine rings is 1. The molecule has 2 aromatic heterocycles. The SMILES string of the molecule is N#CCC[C@H](c1c(F)cc(F)cc1F)n1cnc(=O)c2cc(Oc3ncccc3C(F)(F)F)ccc21.